The number of fused-ring (bicyclic) bond motifs is 4. The first-order valence-corrected chi connectivity index (χ1v) is 16.7. The number of hydrogen-bond acceptors (Lipinski definition) is 4. The molecule has 1 aliphatic carbocycles. The van der Waals surface area contributed by atoms with Gasteiger partial charge in [0.25, 0.3) is 0 Å². The van der Waals surface area contributed by atoms with E-state index in [0.29, 0.717) is 37.1 Å². The van der Waals surface area contributed by atoms with E-state index in [2.05, 4.69) is 0 Å². The van der Waals surface area contributed by atoms with Crippen LogP contribution in [-0.2, 0) is 29.8 Å². The van der Waals surface area contributed by atoms with Crippen LogP contribution in [0.5, 0.6) is 0 Å². The maximum atomic E-state index is 14.9. The molecule has 0 bridgehead atoms. The zero-order valence-corrected chi connectivity index (χ0v) is 25.8. The van der Waals surface area contributed by atoms with Crippen LogP contribution in [0.2, 0.25) is 0 Å². The van der Waals surface area contributed by atoms with Crippen molar-refractivity contribution in [3.63, 3.8) is 0 Å². The van der Waals surface area contributed by atoms with Crippen molar-refractivity contribution in [1.29, 1.82) is 0 Å². The third-order valence-corrected chi connectivity index (χ3v) is 14.3. The first-order chi connectivity index (χ1) is 21.4. The van der Waals surface area contributed by atoms with Crippen molar-refractivity contribution >= 4 is 23.6 Å². The van der Waals surface area contributed by atoms with Crippen LogP contribution in [0, 0.1) is 17.8 Å². The molecule has 2 heterocycles. The third-order valence-electron chi connectivity index (χ3n) is 9.46. The van der Waals surface area contributed by atoms with Crippen molar-refractivity contribution in [2.24, 2.45) is 17.8 Å². The molecular weight excluding hydrogens is 683 g/mol. The number of carbonyl (C=O) groups excluding carboxylic acids is 1. The first-order valence-electron chi connectivity index (χ1n) is 14.5. The van der Waals surface area contributed by atoms with E-state index < -0.39 is 82.9 Å². The molecule has 47 heavy (non-hydrogen) atoms. The monoisotopic (exact) mass is 712 g/mol. The molecule has 0 aromatic heterocycles. The predicted molar refractivity (Wildman–Crippen MR) is 145 cm³/mol. The Morgan fingerprint density at radius 3 is 1.55 bits per heavy atom. The number of halogens is 12. The van der Waals surface area contributed by atoms with Gasteiger partial charge >= 0.3 is 261 Å². The maximum absolute atomic E-state index is 14.9. The van der Waals surface area contributed by atoms with Crippen LogP contribution in [0.4, 0.5) is 52.7 Å². The molecule has 4 nitrogen and oxygen atoms in total. The number of ether oxygens (including phenoxy) is 1. The minimum absolute atomic E-state index is 0.0652. The van der Waals surface area contributed by atoms with E-state index in [9.17, 15) is 57.5 Å². The molecule has 1 saturated carbocycles. The predicted octanol–water partition coefficient (Wildman–Crippen LogP) is 8.72. The van der Waals surface area contributed by atoms with Crippen molar-refractivity contribution in [2.45, 2.75) is 82.0 Å². The van der Waals surface area contributed by atoms with Crippen LogP contribution in [-0.4, -0.2) is 42.9 Å². The second-order valence-electron chi connectivity index (χ2n) is 12.7. The number of rotatable bonds is 4. The van der Waals surface area contributed by atoms with Gasteiger partial charge in [0.15, 0.2) is 0 Å². The number of alkyl halides is 12. The van der Waals surface area contributed by atoms with Crippen LogP contribution in [0.1, 0.15) is 51.2 Å². The standard InChI is InChI=1S/C30H29F12O4P/c1-16(2)18-13-12-17(3)14-21(18)44-24(43)15-47(22-10-6-4-8-19(22)25(45-47,27(31,32)33)28(34,35)36)23-11-7-5-9-20(23)26(46-47,29(37,38)39)30(40,41)42/h4-11,16-18,21H,12-15H2,1-3H3/t17-,18+,21-/m1/s1. The molecule has 5 rings (SSSR count). The molecule has 1 spiro atoms. The fourth-order valence-corrected chi connectivity index (χ4v) is 13.1. The molecule has 0 amide bonds. The second kappa shape index (κ2) is 10.7. The van der Waals surface area contributed by atoms with Crippen LogP contribution < -0.4 is 10.6 Å². The van der Waals surface area contributed by atoms with Gasteiger partial charge in [0.2, 0.25) is 0 Å². The molecule has 3 aliphatic rings. The van der Waals surface area contributed by atoms with E-state index in [1.54, 1.807) is 20.8 Å². The van der Waals surface area contributed by atoms with Gasteiger partial charge in [0, 0.05) is 0 Å². The zero-order valence-electron chi connectivity index (χ0n) is 24.9. The van der Waals surface area contributed by atoms with Crippen LogP contribution >= 0.6 is 7.06 Å². The van der Waals surface area contributed by atoms with Gasteiger partial charge in [0.05, 0.1) is 0 Å². The summed E-state index contributed by atoms with van der Waals surface area (Å²) in [6, 6.07) is 4.46. The first kappa shape index (κ1) is 35.7. The molecule has 0 N–H and O–H groups in total. The van der Waals surface area contributed by atoms with Gasteiger partial charge in [-0.15, -0.1) is 0 Å². The molecule has 2 aromatic carbocycles. The molecular formula is C30H29F12O4P. The summed E-state index contributed by atoms with van der Waals surface area (Å²) in [6.45, 7) is 5.33. The van der Waals surface area contributed by atoms with Crippen molar-refractivity contribution in [3.05, 3.63) is 59.7 Å². The van der Waals surface area contributed by atoms with E-state index in [1.165, 1.54) is 0 Å². The van der Waals surface area contributed by atoms with Crippen LogP contribution in [0.3, 0.4) is 0 Å². The Morgan fingerprint density at radius 1 is 0.766 bits per heavy atom. The Bertz CT molecular complexity index is 1430. The normalized spacial score (nSPS) is 27.1. The molecule has 2 aliphatic heterocycles. The molecule has 17 heteroatoms. The summed E-state index contributed by atoms with van der Waals surface area (Å²) in [7, 11) is -7.18. The van der Waals surface area contributed by atoms with Gasteiger partial charge in [-0.1, -0.05) is 0 Å². The summed E-state index contributed by atoms with van der Waals surface area (Å²) >= 11 is 0. The molecule has 3 atom stereocenters. The number of esters is 1. The van der Waals surface area contributed by atoms with Gasteiger partial charge in [0.1, 0.15) is 0 Å². The van der Waals surface area contributed by atoms with E-state index in [0.717, 1.165) is 12.1 Å². The average Bonchev–Trinajstić information content (AvgIpc) is 3.36. The van der Waals surface area contributed by atoms with Crippen LogP contribution in [0.15, 0.2) is 48.5 Å². The van der Waals surface area contributed by atoms with Crippen molar-refractivity contribution in [2.75, 3.05) is 6.16 Å². The van der Waals surface area contributed by atoms with E-state index in [-0.39, 0.29) is 36.3 Å². The Hall–Kier alpha value is -2.58. The fourth-order valence-electron chi connectivity index (χ4n) is 7.42. The van der Waals surface area contributed by atoms with E-state index >= 15 is 0 Å². The summed E-state index contributed by atoms with van der Waals surface area (Å²) in [6.07, 6.45) is -27.6. The molecule has 0 saturated heterocycles. The molecule has 262 valence electrons. The third kappa shape index (κ3) is 4.81. The van der Waals surface area contributed by atoms with Crippen LogP contribution in [0.25, 0.3) is 0 Å². The van der Waals surface area contributed by atoms with Gasteiger partial charge in [-0.3, -0.25) is 0 Å². The topological polar surface area (TPSA) is 44.8 Å². The molecule has 0 radical (unpaired) electrons. The van der Waals surface area contributed by atoms with E-state index in [4.69, 9.17) is 13.8 Å². The number of hydrogen-bond donors (Lipinski definition) is 0. The Labute approximate surface area is 260 Å². The SMILES string of the molecule is CC(C)[C@@H]1CC[C@@H](C)C[C@H]1OC(=O)CP12(OC(C(F)(F)F)(C(F)(F)F)c3ccccc31)OC(C(F)(F)F)(C(F)(F)F)c1ccccc12. The molecule has 0 unspecified atom stereocenters. The van der Waals surface area contributed by atoms with E-state index in [1.807, 2.05) is 0 Å². The zero-order chi connectivity index (χ0) is 35.2. The molecule has 1 fully saturated rings. The van der Waals surface area contributed by atoms with Crippen molar-refractivity contribution in [3.8, 4) is 0 Å². The van der Waals surface area contributed by atoms with Gasteiger partial charge in [-0.2, -0.15) is 0 Å². The fraction of sp³-hybridized carbons (Fsp3) is 0.567. The minimum atomic E-state index is -7.18. The Morgan fingerprint density at radius 2 is 1.17 bits per heavy atom. The number of benzene rings is 2. The number of carbonyl (C=O) groups is 1. The summed E-state index contributed by atoms with van der Waals surface area (Å²) in [5, 5.41) is -2.77. The second-order valence-corrected chi connectivity index (χ2v) is 16.6. The van der Waals surface area contributed by atoms with Crippen molar-refractivity contribution in [1.82, 2.24) is 0 Å². The Balaban J connectivity index is 1.87. The summed E-state index contributed by atoms with van der Waals surface area (Å²) in [5.41, 5.74) is -14.7. The Kier molecular flexibility index (Phi) is 8.14. The van der Waals surface area contributed by atoms with Gasteiger partial charge in [-0.05, 0) is 0 Å². The van der Waals surface area contributed by atoms with Gasteiger partial charge < -0.3 is 0 Å². The average molecular weight is 713 g/mol. The summed E-state index contributed by atoms with van der Waals surface area (Å²) in [5.74, 6) is -2.25. The summed E-state index contributed by atoms with van der Waals surface area (Å²) < 4.78 is 194. The van der Waals surface area contributed by atoms with Crippen molar-refractivity contribution < 1.29 is 71.3 Å². The summed E-state index contributed by atoms with van der Waals surface area (Å²) in [4.78, 5) is 13.9. The van der Waals surface area contributed by atoms with Gasteiger partial charge in [-0.25, -0.2) is 0 Å². The molecule has 2 aromatic rings. The quantitative estimate of drug-likeness (QED) is 0.181.